The third-order valence-corrected chi connectivity index (χ3v) is 3.36. The third-order valence-electron chi connectivity index (χ3n) is 3.36. The third kappa shape index (κ3) is 6.37. The number of non-ortho nitro benzene ring substituents is 2. The van der Waals surface area contributed by atoms with E-state index in [-0.39, 0.29) is 29.5 Å². The van der Waals surface area contributed by atoms with Crippen molar-refractivity contribution in [2.75, 3.05) is 0 Å². The summed E-state index contributed by atoms with van der Waals surface area (Å²) in [6.45, 7) is 0.166. The monoisotopic (exact) mass is 386 g/mol. The van der Waals surface area contributed by atoms with Gasteiger partial charge in [-0.1, -0.05) is 24.3 Å². The number of rotatable bonds is 5. The summed E-state index contributed by atoms with van der Waals surface area (Å²) in [5.74, 6) is -0.0437. The Morgan fingerprint density at radius 2 is 1.46 bits per heavy atom. The van der Waals surface area contributed by atoms with Gasteiger partial charge in [0, 0.05) is 12.1 Å². The lowest BCUT2D eigenvalue weighted by molar-refractivity contribution is -0.385. The molecule has 3 aromatic carbocycles. The quantitative estimate of drug-likeness (QED) is 0.505. The molecule has 144 valence electrons. The number of phenolic OH excluding ortho intramolecular Hbond substituents is 1. The first-order valence-electron chi connectivity index (χ1n) is 7.90. The minimum atomic E-state index is -0.556. The Labute approximate surface area is 158 Å². The van der Waals surface area contributed by atoms with Crippen molar-refractivity contribution < 1.29 is 24.1 Å². The first-order valence-corrected chi connectivity index (χ1v) is 7.90. The van der Waals surface area contributed by atoms with Crippen molar-refractivity contribution in [1.82, 2.24) is 0 Å². The Morgan fingerprint density at radius 1 is 0.857 bits per heavy atom. The number of nitrogens with zero attached hydrogens (tertiary/aromatic N) is 2. The van der Waals surface area contributed by atoms with Crippen LogP contribution in [0.1, 0.15) is 5.56 Å². The second-order valence-electron chi connectivity index (χ2n) is 5.45. The molecule has 1 N–H and O–H groups in total. The molecule has 0 fully saturated rings. The Kier molecular flexibility index (Phi) is 6.98. The Morgan fingerprint density at radius 3 is 2.04 bits per heavy atom. The number of hydrogen-bond acceptors (Lipinski definition) is 6. The van der Waals surface area contributed by atoms with Gasteiger partial charge in [-0.15, -0.1) is 0 Å². The maximum atomic E-state index is 12.9. The normalized spacial score (nSPS) is 9.75. The molecule has 3 aromatic rings. The van der Waals surface area contributed by atoms with E-state index in [4.69, 9.17) is 9.84 Å². The summed E-state index contributed by atoms with van der Waals surface area (Å²) in [5.41, 5.74) is 0.535. The molecule has 28 heavy (non-hydrogen) atoms. The largest absolute Gasteiger partial charge is 0.508 e. The van der Waals surface area contributed by atoms with Gasteiger partial charge in [0.2, 0.25) is 0 Å². The van der Waals surface area contributed by atoms with Crippen LogP contribution in [-0.4, -0.2) is 15.0 Å². The van der Waals surface area contributed by atoms with Crippen LogP contribution in [0.25, 0.3) is 0 Å². The van der Waals surface area contributed by atoms with Gasteiger partial charge in [-0.2, -0.15) is 0 Å². The molecule has 0 saturated heterocycles. The zero-order valence-electron chi connectivity index (χ0n) is 14.4. The summed E-state index contributed by atoms with van der Waals surface area (Å²) in [6, 6.07) is 17.1. The van der Waals surface area contributed by atoms with Crippen LogP contribution in [-0.2, 0) is 6.61 Å². The van der Waals surface area contributed by atoms with Crippen LogP contribution in [0.5, 0.6) is 11.5 Å². The second kappa shape index (κ2) is 9.62. The first kappa shape index (κ1) is 20.3. The molecule has 0 unspecified atom stereocenters. The van der Waals surface area contributed by atoms with Crippen LogP contribution in [0.2, 0.25) is 0 Å². The SMILES string of the molecule is O=[N+]([O-])c1cccc(O)c1.O=[N+]([O-])c1cccc(OCc2cccc(F)c2)c1. The summed E-state index contributed by atoms with van der Waals surface area (Å²) in [5, 5.41) is 29.4. The molecule has 0 heterocycles. The van der Waals surface area contributed by atoms with E-state index < -0.39 is 9.85 Å². The fourth-order valence-electron chi connectivity index (χ4n) is 2.09. The zero-order chi connectivity index (χ0) is 20.5. The Bertz CT molecular complexity index is 980. The summed E-state index contributed by atoms with van der Waals surface area (Å²) < 4.78 is 18.3. The van der Waals surface area contributed by atoms with Gasteiger partial charge in [-0.25, -0.2) is 4.39 Å². The zero-order valence-corrected chi connectivity index (χ0v) is 14.4. The molecule has 0 aliphatic heterocycles. The Balaban J connectivity index is 0.000000237. The van der Waals surface area contributed by atoms with E-state index in [1.165, 1.54) is 42.5 Å². The molecule has 8 nitrogen and oxygen atoms in total. The minimum Gasteiger partial charge on any atom is -0.508 e. The highest BCUT2D eigenvalue weighted by molar-refractivity contribution is 5.38. The molecule has 0 spiro atoms. The van der Waals surface area contributed by atoms with E-state index in [9.17, 15) is 24.6 Å². The van der Waals surface area contributed by atoms with Gasteiger partial charge in [0.05, 0.1) is 22.0 Å². The van der Waals surface area contributed by atoms with E-state index in [2.05, 4.69) is 0 Å². The number of nitro benzene ring substituents is 2. The van der Waals surface area contributed by atoms with Crippen LogP contribution in [0.4, 0.5) is 15.8 Å². The van der Waals surface area contributed by atoms with E-state index in [1.807, 2.05) is 0 Å². The number of aromatic hydroxyl groups is 1. The van der Waals surface area contributed by atoms with Gasteiger partial charge in [0.25, 0.3) is 11.4 Å². The molecule has 0 aliphatic carbocycles. The first-order chi connectivity index (χ1) is 13.3. The number of hydrogen-bond donors (Lipinski definition) is 1. The molecule has 0 amide bonds. The lowest BCUT2D eigenvalue weighted by Gasteiger charge is -2.05. The molecule has 9 heteroatoms. The van der Waals surface area contributed by atoms with E-state index >= 15 is 0 Å². The van der Waals surface area contributed by atoms with Crippen LogP contribution in [0.15, 0.2) is 72.8 Å². The Hall–Kier alpha value is -4.01. The molecule has 0 radical (unpaired) electrons. The lowest BCUT2D eigenvalue weighted by atomic mass is 10.2. The fraction of sp³-hybridized carbons (Fsp3) is 0.0526. The van der Waals surface area contributed by atoms with Crippen LogP contribution < -0.4 is 4.74 Å². The molecular weight excluding hydrogens is 371 g/mol. The highest BCUT2D eigenvalue weighted by Crippen LogP contribution is 2.20. The smallest absolute Gasteiger partial charge is 0.273 e. The molecule has 0 aliphatic rings. The number of halogens is 1. The van der Waals surface area contributed by atoms with Crippen molar-refractivity contribution >= 4 is 11.4 Å². The van der Waals surface area contributed by atoms with Gasteiger partial charge in [-0.05, 0) is 29.8 Å². The number of nitro groups is 2. The van der Waals surface area contributed by atoms with Crippen molar-refractivity contribution in [1.29, 1.82) is 0 Å². The summed E-state index contributed by atoms with van der Waals surface area (Å²) in [7, 11) is 0. The molecular formula is C19H15FN2O6. The predicted octanol–water partition coefficient (Wildman–Crippen LogP) is 4.61. The van der Waals surface area contributed by atoms with Gasteiger partial charge < -0.3 is 9.84 Å². The highest BCUT2D eigenvalue weighted by Gasteiger charge is 2.06. The fourth-order valence-corrected chi connectivity index (χ4v) is 2.09. The number of ether oxygens (including phenoxy) is 1. The highest BCUT2D eigenvalue weighted by atomic mass is 19.1. The summed E-state index contributed by atoms with van der Waals surface area (Å²) in [6.07, 6.45) is 0. The van der Waals surface area contributed by atoms with Crippen LogP contribution in [0, 0.1) is 26.0 Å². The average Bonchev–Trinajstić information content (AvgIpc) is 2.67. The van der Waals surface area contributed by atoms with Crippen molar-refractivity contribution in [3.05, 3.63) is 104 Å². The average molecular weight is 386 g/mol. The standard InChI is InChI=1S/C13H10FNO3.C6H5NO3/c14-11-4-1-3-10(7-11)9-18-13-6-2-5-12(8-13)15(16)17;8-6-3-1-2-5(4-6)7(9)10/h1-8H,9H2;1-4,8H. The van der Waals surface area contributed by atoms with Crippen molar-refractivity contribution in [3.8, 4) is 11.5 Å². The topological polar surface area (TPSA) is 116 Å². The van der Waals surface area contributed by atoms with Gasteiger partial charge >= 0.3 is 0 Å². The number of benzene rings is 3. The van der Waals surface area contributed by atoms with Gasteiger partial charge in [0.15, 0.2) is 0 Å². The van der Waals surface area contributed by atoms with E-state index in [1.54, 1.807) is 24.3 Å². The lowest BCUT2D eigenvalue weighted by Crippen LogP contribution is -1.96. The van der Waals surface area contributed by atoms with Gasteiger partial charge in [0.1, 0.15) is 23.9 Å². The maximum Gasteiger partial charge on any atom is 0.273 e. The molecule has 0 atom stereocenters. The van der Waals surface area contributed by atoms with Crippen molar-refractivity contribution in [2.45, 2.75) is 6.61 Å². The summed E-state index contributed by atoms with van der Waals surface area (Å²) >= 11 is 0. The van der Waals surface area contributed by atoms with Gasteiger partial charge in [-0.3, -0.25) is 20.2 Å². The van der Waals surface area contributed by atoms with Crippen molar-refractivity contribution in [2.24, 2.45) is 0 Å². The molecule has 0 aromatic heterocycles. The maximum absolute atomic E-state index is 12.9. The molecule has 0 saturated carbocycles. The summed E-state index contributed by atoms with van der Waals surface area (Å²) in [4.78, 5) is 19.6. The predicted molar refractivity (Wildman–Crippen MR) is 98.6 cm³/mol. The van der Waals surface area contributed by atoms with Crippen LogP contribution >= 0.6 is 0 Å². The minimum absolute atomic E-state index is 0.0354. The number of phenols is 1. The molecule has 3 rings (SSSR count). The second-order valence-corrected chi connectivity index (χ2v) is 5.45. The van der Waals surface area contributed by atoms with E-state index in [0.717, 1.165) is 6.07 Å². The van der Waals surface area contributed by atoms with Crippen LogP contribution in [0.3, 0.4) is 0 Å². The van der Waals surface area contributed by atoms with Crippen molar-refractivity contribution in [3.63, 3.8) is 0 Å². The molecule has 0 bridgehead atoms. The van der Waals surface area contributed by atoms with E-state index in [0.29, 0.717) is 11.3 Å².